The van der Waals surface area contributed by atoms with Crippen molar-refractivity contribution in [2.75, 3.05) is 32.6 Å². The maximum absolute atomic E-state index is 14.8. The predicted molar refractivity (Wildman–Crippen MR) is 140 cm³/mol. The van der Waals surface area contributed by atoms with Gasteiger partial charge in [0.25, 0.3) is 0 Å². The molecule has 3 atom stereocenters. The molecule has 0 spiro atoms. The van der Waals surface area contributed by atoms with Crippen molar-refractivity contribution in [3.8, 4) is 0 Å². The summed E-state index contributed by atoms with van der Waals surface area (Å²) in [6.45, 7) is 5.52. The molecule has 3 unspecified atom stereocenters. The maximum Gasteiger partial charge on any atom is 0.160 e. The first-order valence-corrected chi connectivity index (χ1v) is 12.8. The van der Waals surface area contributed by atoms with Crippen LogP contribution in [0.3, 0.4) is 0 Å². The first-order chi connectivity index (χ1) is 16.9. The third-order valence-corrected chi connectivity index (χ3v) is 7.44. The summed E-state index contributed by atoms with van der Waals surface area (Å²) in [6, 6.07) is 3.83. The SMILES string of the molecule is CCCCC1CCC(COC2=CC3C(=C(Nc4ccc(Cl)c(C)c4F)N=CN3C)C=C2OC)CN1. The fraction of sp³-hybridized carbons (Fsp3) is 0.519. The van der Waals surface area contributed by atoms with Crippen molar-refractivity contribution >= 4 is 23.6 Å². The molecule has 35 heavy (non-hydrogen) atoms. The molecule has 8 heteroatoms. The molecule has 2 aliphatic heterocycles. The Labute approximate surface area is 212 Å². The number of nitrogens with zero attached hydrogens (tertiary/aromatic N) is 2. The fourth-order valence-corrected chi connectivity index (χ4v) is 4.89. The number of piperidine rings is 1. The number of halogens is 2. The predicted octanol–water partition coefficient (Wildman–Crippen LogP) is 5.76. The number of aliphatic imine (C=N–C) groups is 1. The van der Waals surface area contributed by atoms with E-state index in [-0.39, 0.29) is 11.9 Å². The third-order valence-electron chi connectivity index (χ3n) is 7.03. The minimum Gasteiger partial charge on any atom is -0.493 e. The average molecular weight is 503 g/mol. The van der Waals surface area contributed by atoms with Gasteiger partial charge in [-0.2, -0.15) is 0 Å². The number of hydrogen-bond acceptors (Lipinski definition) is 6. The molecule has 1 aromatic rings. The van der Waals surface area contributed by atoms with Crippen molar-refractivity contribution in [2.45, 2.75) is 58.0 Å². The Bertz CT molecular complexity index is 1040. The number of methoxy groups -OCH3 is 1. The largest absolute Gasteiger partial charge is 0.493 e. The Kier molecular flexibility index (Phi) is 8.39. The van der Waals surface area contributed by atoms with Crippen molar-refractivity contribution in [3.05, 3.63) is 63.6 Å². The first-order valence-electron chi connectivity index (χ1n) is 12.5. The molecule has 1 aromatic carbocycles. The third kappa shape index (κ3) is 5.84. The number of rotatable bonds is 9. The number of hydrogen-bond donors (Lipinski definition) is 2. The van der Waals surface area contributed by atoms with Crippen molar-refractivity contribution in [2.24, 2.45) is 10.9 Å². The molecule has 0 bridgehead atoms. The number of ether oxygens (including phenoxy) is 2. The highest BCUT2D eigenvalue weighted by Crippen LogP contribution is 2.33. The van der Waals surface area contributed by atoms with E-state index >= 15 is 0 Å². The maximum atomic E-state index is 14.8. The number of unbranched alkanes of at least 4 members (excludes halogenated alkanes) is 1. The molecule has 190 valence electrons. The molecule has 1 saturated heterocycles. The van der Waals surface area contributed by atoms with Crippen LogP contribution in [0.25, 0.3) is 0 Å². The van der Waals surface area contributed by atoms with Crippen LogP contribution >= 0.6 is 11.6 Å². The van der Waals surface area contributed by atoms with Crippen LogP contribution in [0.15, 0.2) is 52.2 Å². The van der Waals surface area contributed by atoms with Crippen LogP contribution in [0.4, 0.5) is 10.1 Å². The number of likely N-dealkylation sites (N-methyl/N-ethyl adjacent to an activating group) is 1. The Hall–Kier alpha value is -2.51. The molecule has 2 N–H and O–H groups in total. The van der Waals surface area contributed by atoms with Gasteiger partial charge in [-0.1, -0.05) is 31.4 Å². The van der Waals surface area contributed by atoms with Crippen LogP contribution in [0.1, 0.15) is 44.6 Å². The molecule has 0 radical (unpaired) electrons. The summed E-state index contributed by atoms with van der Waals surface area (Å²) in [5.41, 5.74) is 1.61. The van der Waals surface area contributed by atoms with Gasteiger partial charge in [0.15, 0.2) is 17.3 Å². The van der Waals surface area contributed by atoms with Crippen molar-refractivity contribution in [3.63, 3.8) is 0 Å². The zero-order valence-corrected chi connectivity index (χ0v) is 21.8. The highest BCUT2D eigenvalue weighted by molar-refractivity contribution is 6.31. The van der Waals surface area contributed by atoms with Gasteiger partial charge in [0, 0.05) is 41.7 Å². The Balaban J connectivity index is 1.47. The van der Waals surface area contributed by atoms with Crippen molar-refractivity contribution in [1.29, 1.82) is 0 Å². The van der Waals surface area contributed by atoms with Gasteiger partial charge in [0.2, 0.25) is 0 Å². The molecule has 6 nitrogen and oxygen atoms in total. The standard InChI is InChI=1S/C27H36ClFN4O2/c1-5-6-7-19-9-8-18(14-30-19)15-35-25-13-23-20(12-24(25)34-4)27(31-16-33(23)3)32-22-11-10-21(28)17(2)26(22)29/h10-13,16,18-19,23,30,32H,5-9,14-15H2,1-4H3. The second-order valence-electron chi connectivity index (χ2n) is 9.56. The van der Waals surface area contributed by atoms with Gasteiger partial charge in [0.1, 0.15) is 5.82 Å². The van der Waals surface area contributed by atoms with Gasteiger partial charge < -0.3 is 25.0 Å². The van der Waals surface area contributed by atoms with Crippen LogP contribution < -0.4 is 10.6 Å². The van der Waals surface area contributed by atoms with E-state index in [0.29, 0.717) is 46.4 Å². The number of fused-ring (bicyclic) bond motifs is 1. The molecular weight excluding hydrogens is 467 g/mol. The smallest absolute Gasteiger partial charge is 0.160 e. The Morgan fingerprint density at radius 2 is 2.11 bits per heavy atom. The van der Waals surface area contributed by atoms with Gasteiger partial charge in [-0.25, -0.2) is 9.38 Å². The second kappa shape index (κ2) is 11.5. The van der Waals surface area contributed by atoms with Crippen LogP contribution in [-0.2, 0) is 9.47 Å². The quantitative estimate of drug-likeness (QED) is 0.450. The summed E-state index contributed by atoms with van der Waals surface area (Å²) in [6.07, 6.45) is 11.9. The lowest BCUT2D eigenvalue weighted by atomic mass is 9.92. The van der Waals surface area contributed by atoms with E-state index < -0.39 is 0 Å². The lowest BCUT2D eigenvalue weighted by Gasteiger charge is -2.34. The zero-order valence-electron chi connectivity index (χ0n) is 21.0. The Morgan fingerprint density at radius 1 is 1.29 bits per heavy atom. The highest BCUT2D eigenvalue weighted by atomic mass is 35.5. The van der Waals surface area contributed by atoms with Crippen LogP contribution in [0.2, 0.25) is 5.02 Å². The molecule has 2 heterocycles. The van der Waals surface area contributed by atoms with E-state index in [2.05, 4.69) is 22.5 Å². The second-order valence-corrected chi connectivity index (χ2v) is 9.97. The summed E-state index contributed by atoms with van der Waals surface area (Å²) < 4.78 is 26.7. The minimum atomic E-state index is -0.388. The zero-order chi connectivity index (χ0) is 24.9. The lowest BCUT2D eigenvalue weighted by Crippen LogP contribution is -2.40. The molecule has 1 fully saturated rings. The highest BCUT2D eigenvalue weighted by Gasteiger charge is 2.30. The van der Waals surface area contributed by atoms with E-state index in [1.54, 1.807) is 32.5 Å². The molecule has 3 aliphatic rings. The number of anilines is 1. The minimum absolute atomic E-state index is 0.108. The molecule has 4 rings (SSSR count). The molecule has 0 amide bonds. The van der Waals surface area contributed by atoms with Crippen molar-refractivity contribution in [1.82, 2.24) is 10.2 Å². The number of nitrogens with one attached hydrogen (secondary N) is 2. The summed E-state index contributed by atoms with van der Waals surface area (Å²) in [5.74, 6) is 2.01. The Morgan fingerprint density at radius 3 is 2.83 bits per heavy atom. The van der Waals surface area contributed by atoms with Gasteiger partial charge >= 0.3 is 0 Å². The van der Waals surface area contributed by atoms with Crippen LogP contribution in [0.5, 0.6) is 0 Å². The van der Waals surface area contributed by atoms with E-state index in [0.717, 1.165) is 17.9 Å². The summed E-state index contributed by atoms with van der Waals surface area (Å²) in [4.78, 5) is 6.51. The molecule has 0 aromatic heterocycles. The van der Waals surface area contributed by atoms with E-state index in [1.807, 2.05) is 24.1 Å². The summed E-state index contributed by atoms with van der Waals surface area (Å²) in [7, 11) is 3.59. The van der Waals surface area contributed by atoms with E-state index in [4.69, 9.17) is 21.1 Å². The van der Waals surface area contributed by atoms with Crippen LogP contribution in [0, 0.1) is 18.7 Å². The lowest BCUT2D eigenvalue weighted by molar-refractivity contribution is 0.120. The topological polar surface area (TPSA) is 58.1 Å². The molecule has 1 aliphatic carbocycles. The number of benzene rings is 1. The van der Waals surface area contributed by atoms with Gasteiger partial charge in [0.05, 0.1) is 31.8 Å². The van der Waals surface area contributed by atoms with Crippen LogP contribution in [-0.4, -0.2) is 50.6 Å². The fourth-order valence-electron chi connectivity index (χ4n) is 4.74. The average Bonchev–Trinajstić information content (AvgIpc) is 2.88. The van der Waals surface area contributed by atoms with Gasteiger partial charge in [-0.3, -0.25) is 0 Å². The summed E-state index contributed by atoms with van der Waals surface area (Å²) in [5, 5.41) is 7.22. The normalized spacial score (nSPS) is 24.1. The van der Waals surface area contributed by atoms with Gasteiger partial charge in [-0.05, 0) is 50.5 Å². The van der Waals surface area contributed by atoms with Gasteiger partial charge in [-0.15, -0.1) is 0 Å². The molecular formula is C27H36ClFN4O2. The monoisotopic (exact) mass is 502 g/mol. The summed E-state index contributed by atoms with van der Waals surface area (Å²) >= 11 is 6.06. The molecule has 0 saturated carbocycles. The first kappa shape index (κ1) is 25.6. The van der Waals surface area contributed by atoms with E-state index in [1.165, 1.54) is 32.1 Å². The van der Waals surface area contributed by atoms with Crippen molar-refractivity contribution < 1.29 is 13.9 Å². The van der Waals surface area contributed by atoms with E-state index in [9.17, 15) is 4.39 Å².